The molecule has 0 aliphatic heterocycles. The van der Waals surface area contributed by atoms with Crippen molar-refractivity contribution in [3.8, 4) is 5.75 Å². The van der Waals surface area contributed by atoms with Gasteiger partial charge in [0.2, 0.25) is 0 Å². The molecule has 0 aromatic heterocycles. The summed E-state index contributed by atoms with van der Waals surface area (Å²) >= 11 is 10.5. The summed E-state index contributed by atoms with van der Waals surface area (Å²) in [5.74, 6) is 1.39. The van der Waals surface area contributed by atoms with E-state index in [0.717, 1.165) is 26.4 Å². The molecule has 1 atom stereocenters. The Kier molecular flexibility index (Phi) is 6.59. The first-order valence-corrected chi connectivity index (χ1v) is 9.09. The zero-order valence-corrected chi connectivity index (χ0v) is 15.6. The van der Waals surface area contributed by atoms with Gasteiger partial charge in [0.25, 0.3) is 0 Å². The van der Waals surface area contributed by atoms with Crippen molar-refractivity contribution in [2.75, 3.05) is 11.9 Å². The van der Waals surface area contributed by atoms with Crippen LogP contribution in [0.15, 0.2) is 57.5 Å². The Morgan fingerprint density at radius 1 is 0.850 bits per heavy atom. The first-order valence-electron chi connectivity index (χ1n) is 6.39. The van der Waals surface area contributed by atoms with Gasteiger partial charge in [0, 0.05) is 14.3 Å². The Morgan fingerprint density at radius 3 is 1.95 bits per heavy atom. The van der Waals surface area contributed by atoms with Crippen LogP contribution in [0.5, 0.6) is 5.75 Å². The van der Waals surface area contributed by atoms with Crippen molar-refractivity contribution in [3.63, 3.8) is 0 Å². The van der Waals surface area contributed by atoms with Gasteiger partial charge in [-0.05, 0) is 54.3 Å². The molecule has 106 valence electrons. The Hall–Kier alpha value is -0.320. The molecule has 0 aliphatic carbocycles. The van der Waals surface area contributed by atoms with Crippen molar-refractivity contribution in [2.45, 2.75) is 12.3 Å². The number of alkyl halides is 1. The van der Waals surface area contributed by atoms with E-state index in [-0.39, 0.29) is 0 Å². The van der Waals surface area contributed by atoms with Crippen molar-refractivity contribution >= 4 is 47.8 Å². The van der Waals surface area contributed by atoms with Crippen molar-refractivity contribution in [3.05, 3.63) is 63.0 Å². The summed E-state index contributed by atoms with van der Waals surface area (Å²) < 4.78 is 7.97. The van der Waals surface area contributed by atoms with Gasteiger partial charge in [-0.3, -0.25) is 0 Å². The van der Waals surface area contributed by atoms with Gasteiger partial charge in [0.05, 0.1) is 6.61 Å². The van der Waals surface area contributed by atoms with Crippen LogP contribution in [0, 0.1) is 0 Å². The van der Waals surface area contributed by atoms with Crippen LogP contribution in [-0.2, 0) is 0 Å². The molecule has 0 heterocycles. The summed E-state index contributed by atoms with van der Waals surface area (Å²) in [5, 5.41) is 0.943. The fourth-order valence-electron chi connectivity index (χ4n) is 1.92. The third-order valence-electron chi connectivity index (χ3n) is 3.08. The zero-order chi connectivity index (χ0) is 14.4. The largest absolute Gasteiger partial charge is 0.494 e. The molecule has 0 bridgehead atoms. The molecule has 0 aliphatic rings. The maximum Gasteiger partial charge on any atom is 0.119 e. The molecule has 0 saturated heterocycles. The van der Waals surface area contributed by atoms with Crippen molar-refractivity contribution in [2.24, 2.45) is 0 Å². The summed E-state index contributed by atoms with van der Waals surface area (Å²) in [5.41, 5.74) is 1.34. The van der Waals surface area contributed by atoms with Crippen LogP contribution in [0.3, 0.4) is 0 Å². The lowest BCUT2D eigenvalue weighted by molar-refractivity contribution is 0.301. The van der Waals surface area contributed by atoms with Gasteiger partial charge in [-0.2, -0.15) is 0 Å². The summed E-state index contributed by atoms with van der Waals surface area (Å²) in [6.45, 7) is 0.716. The number of ether oxygens (including phenoxy) is 1. The van der Waals surface area contributed by atoms with Gasteiger partial charge in [-0.15, -0.1) is 0 Å². The molecule has 0 amide bonds. The minimum absolute atomic E-state index is 0.471. The average Bonchev–Trinajstić information content (AvgIpc) is 2.47. The number of halogens is 3. The van der Waals surface area contributed by atoms with E-state index in [1.54, 1.807) is 0 Å². The van der Waals surface area contributed by atoms with E-state index in [4.69, 9.17) is 4.74 Å². The molecular formula is C16H15Br3O. The Morgan fingerprint density at radius 2 is 1.40 bits per heavy atom. The monoisotopic (exact) mass is 460 g/mol. The van der Waals surface area contributed by atoms with Crippen molar-refractivity contribution < 1.29 is 4.74 Å². The topological polar surface area (TPSA) is 9.23 Å². The molecule has 1 nitrogen and oxygen atoms in total. The molecule has 0 radical (unpaired) electrons. The highest BCUT2D eigenvalue weighted by Crippen LogP contribution is 2.24. The highest BCUT2D eigenvalue weighted by atomic mass is 79.9. The minimum Gasteiger partial charge on any atom is -0.494 e. The molecule has 2 aromatic rings. The number of rotatable bonds is 6. The third kappa shape index (κ3) is 4.90. The smallest absolute Gasteiger partial charge is 0.119 e. The van der Waals surface area contributed by atoms with Gasteiger partial charge < -0.3 is 4.74 Å². The standard InChI is InChI=1S/C16H15Br3O/c17-11-13(12-1-3-14(18)4-2-12)9-10-20-16-7-5-15(19)6-8-16/h1-8,13H,9-11H2. The van der Waals surface area contributed by atoms with E-state index in [2.05, 4.69) is 72.1 Å². The van der Waals surface area contributed by atoms with Gasteiger partial charge >= 0.3 is 0 Å². The molecule has 2 aromatic carbocycles. The predicted octanol–water partition coefficient (Wildman–Crippen LogP) is 6.16. The molecule has 0 N–H and O–H groups in total. The van der Waals surface area contributed by atoms with Crippen LogP contribution >= 0.6 is 47.8 Å². The molecule has 0 fully saturated rings. The summed E-state index contributed by atoms with van der Waals surface area (Å²) in [6, 6.07) is 16.4. The number of hydrogen-bond donors (Lipinski definition) is 0. The van der Waals surface area contributed by atoms with Gasteiger partial charge in [-0.25, -0.2) is 0 Å². The fourth-order valence-corrected chi connectivity index (χ4v) is 3.14. The lowest BCUT2D eigenvalue weighted by Gasteiger charge is -2.15. The van der Waals surface area contributed by atoms with E-state index in [1.165, 1.54) is 5.56 Å². The highest BCUT2D eigenvalue weighted by molar-refractivity contribution is 9.10. The van der Waals surface area contributed by atoms with E-state index in [1.807, 2.05) is 24.3 Å². The molecule has 4 heteroatoms. The lowest BCUT2D eigenvalue weighted by Crippen LogP contribution is -2.07. The maximum absolute atomic E-state index is 5.79. The first kappa shape index (κ1) is 16.1. The van der Waals surface area contributed by atoms with E-state index < -0.39 is 0 Å². The Labute approximate surface area is 145 Å². The summed E-state index contributed by atoms with van der Waals surface area (Å²) in [4.78, 5) is 0. The molecule has 1 unspecified atom stereocenters. The van der Waals surface area contributed by atoms with Crippen LogP contribution < -0.4 is 4.74 Å². The number of hydrogen-bond acceptors (Lipinski definition) is 1. The zero-order valence-electron chi connectivity index (χ0n) is 10.9. The quantitative estimate of drug-likeness (QED) is 0.467. The van der Waals surface area contributed by atoms with Crippen LogP contribution in [-0.4, -0.2) is 11.9 Å². The molecule has 0 saturated carbocycles. The maximum atomic E-state index is 5.79. The van der Waals surface area contributed by atoms with Crippen LogP contribution in [0.25, 0.3) is 0 Å². The Bertz CT molecular complexity index is 522. The van der Waals surface area contributed by atoms with Gasteiger partial charge in [0.1, 0.15) is 5.75 Å². The van der Waals surface area contributed by atoms with Gasteiger partial charge in [-0.1, -0.05) is 59.9 Å². The fraction of sp³-hybridized carbons (Fsp3) is 0.250. The minimum atomic E-state index is 0.471. The number of benzene rings is 2. The van der Waals surface area contributed by atoms with E-state index in [9.17, 15) is 0 Å². The molecule has 20 heavy (non-hydrogen) atoms. The normalized spacial score (nSPS) is 12.2. The second-order valence-electron chi connectivity index (χ2n) is 4.49. The predicted molar refractivity (Wildman–Crippen MR) is 94.9 cm³/mol. The van der Waals surface area contributed by atoms with E-state index in [0.29, 0.717) is 12.5 Å². The molecular weight excluding hydrogens is 448 g/mol. The average molecular weight is 463 g/mol. The van der Waals surface area contributed by atoms with Gasteiger partial charge in [0.15, 0.2) is 0 Å². The second-order valence-corrected chi connectivity index (χ2v) is 6.97. The van der Waals surface area contributed by atoms with E-state index >= 15 is 0 Å². The van der Waals surface area contributed by atoms with Crippen LogP contribution in [0.2, 0.25) is 0 Å². The molecule has 0 spiro atoms. The highest BCUT2D eigenvalue weighted by Gasteiger charge is 2.10. The summed E-state index contributed by atoms with van der Waals surface area (Å²) in [6.07, 6.45) is 0.989. The molecule has 2 rings (SSSR count). The van der Waals surface area contributed by atoms with Crippen LogP contribution in [0.4, 0.5) is 0 Å². The second kappa shape index (κ2) is 8.20. The SMILES string of the molecule is BrCC(CCOc1ccc(Br)cc1)c1ccc(Br)cc1. The van der Waals surface area contributed by atoms with Crippen LogP contribution in [0.1, 0.15) is 17.9 Å². The van der Waals surface area contributed by atoms with Crippen molar-refractivity contribution in [1.29, 1.82) is 0 Å². The van der Waals surface area contributed by atoms with Crippen molar-refractivity contribution in [1.82, 2.24) is 0 Å². The Balaban J connectivity index is 1.87. The first-order chi connectivity index (χ1) is 9.69. The lowest BCUT2D eigenvalue weighted by atomic mass is 9.98. The third-order valence-corrected chi connectivity index (χ3v) is 4.92. The summed E-state index contributed by atoms with van der Waals surface area (Å²) in [7, 11) is 0.